The van der Waals surface area contributed by atoms with E-state index in [1.807, 2.05) is 24.3 Å². The number of nitrogens with two attached hydrogens (primary N) is 1. The van der Waals surface area contributed by atoms with E-state index in [1.54, 1.807) is 13.0 Å². The van der Waals surface area contributed by atoms with E-state index in [1.165, 1.54) is 6.92 Å². The van der Waals surface area contributed by atoms with Crippen LogP contribution in [-0.4, -0.2) is 29.0 Å². The number of furan rings is 1. The van der Waals surface area contributed by atoms with Gasteiger partial charge in [-0.15, -0.1) is 0 Å². The minimum atomic E-state index is -0.404. The summed E-state index contributed by atoms with van der Waals surface area (Å²) in [4.78, 5) is 25.1. The molecule has 1 aliphatic heterocycles. The number of carbonyl (C=O) groups is 2. The SMILES string of the molecule is CC(=O)Oc1cc2c(C(=O)NC3CC(C)(C)[NH2+]C(C)(C)C3)c(C)oc2c2ccccc12. The molecular formula is C25H31N2O4+. The maximum Gasteiger partial charge on any atom is 0.308 e. The van der Waals surface area contributed by atoms with Crippen LogP contribution in [0.2, 0.25) is 0 Å². The van der Waals surface area contributed by atoms with Gasteiger partial charge in [0.25, 0.3) is 5.91 Å². The van der Waals surface area contributed by atoms with Crippen molar-refractivity contribution in [2.24, 2.45) is 0 Å². The molecule has 0 radical (unpaired) electrons. The molecule has 4 rings (SSSR count). The number of benzene rings is 2. The Morgan fingerprint density at radius 1 is 1.06 bits per heavy atom. The lowest BCUT2D eigenvalue weighted by atomic mass is 9.79. The van der Waals surface area contributed by atoms with Crippen LogP contribution in [0.15, 0.2) is 34.7 Å². The number of piperidine rings is 1. The van der Waals surface area contributed by atoms with E-state index < -0.39 is 5.97 Å². The van der Waals surface area contributed by atoms with Crippen molar-refractivity contribution < 1.29 is 24.1 Å². The number of hydrogen-bond acceptors (Lipinski definition) is 4. The van der Waals surface area contributed by atoms with Crippen molar-refractivity contribution in [3.05, 3.63) is 41.7 Å². The Bertz CT molecular complexity index is 1170. The Hall–Kier alpha value is -2.86. The number of amides is 1. The molecule has 31 heavy (non-hydrogen) atoms. The van der Waals surface area contributed by atoms with Crippen molar-refractivity contribution >= 4 is 33.6 Å². The van der Waals surface area contributed by atoms with Crippen molar-refractivity contribution in [2.75, 3.05) is 0 Å². The van der Waals surface area contributed by atoms with E-state index in [-0.39, 0.29) is 23.0 Å². The van der Waals surface area contributed by atoms with Gasteiger partial charge in [0.15, 0.2) is 0 Å². The molecule has 6 heteroatoms. The average Bonchev–Trinajstić information content (AvgIpc) is 2.94. The van der Waals surface area contributed by atoms with Crippen LogP contribution in [0.5, 0.6) is 5.75 Å². The average molecular weight is 424 g/mol. The third kappa shape index (κ3) is 4.17. The summed E-state index contributed by atoms with van der Waals surface area (Å²) in [6, 6.07) is 9.39. The smallest absolute Gasteiger partial charge is 0.308 e. The number of aryl methyl sites for hydroxylation is 1. The Balaban J connectivity index is 1.77. The van der Waals surface area contributed by atoms with Crippen molar-refractivity contribution in [2.45, 2.75) is 71.5 Å². The minimum absolute atomic E-state index is 0.0475. The minimum Gasteiger partial charge on any atom is -0.460 e. The van der Waals surface area contributed by atoms with Gasteiger partial charge in [0.1, 0.15) is 17.1 Å². The zero-order chi connectivity index (χ0) is 22.6. The molecule has 0 atom stereocenters. The predicted octanol–water partition coefficient (Wildman–Crippen LogP) is 3.83. The van der Waals surface area contributed by atoms with Gasteiger partial charge in [-0.1, -0.05) is 24.3 Å². The molecule has 6 nitrogen and oxygen atoms in total. The van der Waals surface area contributed by atoms with Gasteiger partial charge in [0, 0.05) is 42.0 Å². The molecule has 2 aromatic carbocycles. The van der Waals surface area contributed by atoms with Gasteiger partial charge in [-0.25, -0.2) is 0 Å². The summed E-state index contributed by atoms with van der Waals surface area (Å²) < 4.78 is 11.5. The third-order valence-corrected chi connectivity index (χ3v) is 5.98. The molecule has 0 aliphatic carbocycles. The van der Waals surface area contributed by atoms with Crippen LogP contribution in [0.3, 0.4) is 0 Å². The summed E-state index contributed by atoms with van der Waals surface area (Å²) >= 11 is 0. The topological polar surface area (TPSA) is 85.2 Å². The Morgan fingerprint density at radius 2 is 1.68 bits per heavy atom. The van der Waals surface area contributed by atoms with Crippen LogP contribution < -0.4 is 15.4 Å². The molecular weight excluding hydrogens is 392 g/mol. The predicted molar refractivity (Wildman–Crippen MR) is 120 cm³/mol. The molecule has 3 N–H and O–H groups in total. The second-order valence-electron chi connectivity index (χ2n) is 10.1. The summed E-state index contributed by atoms with van der Waals surface area (Å²) in [5.74, 6) is 0.427. The second-order valence-corrected chi connectivity index (χ2v) is 10.1. The zero-order valence-electron chi connectivity index (χ0n) is 19.1. The highest BCUT2D eigenvalue weighted by atomic mass is 16.5. The fraction of sp³-hybridized carbons (Fsp3) is 0.440. The molecule has 3 aromatic rings. The largest absolute Gasteiger partial charge is 0.460 e. The van der Waals surface area contributed by atoms with E-state index in [4.69, 9.17) is 9.15 Å². The second kappa shape index (κ2) is 7.38. The fourth-order valence-electron chi connectivity index (χ4n) is 5.40. The monoisotopic (exact) mass is 423 g/mol. The molecule has 0 bridgehead atoms. The van der Waals surface area contributed by atoms with Crippen molar-refractivity contribution in [1.29, 1.82) is 0 Å². The maximum absolute atomic E-state index is 13.4. The first kappa shape index (κ1) is 21.4. The molecule has 1 saturated heterocycles. The Kier molecular flexibility index (Phi) is 5.09. The molecule has 0 saturated carbocycles. The maximum atomic E-state index is 13.4. The standard InChI is InChI=1S/C25H30N2O4/c1-14-21(23(29)26-16-12-24(3,4)27-25(5,6)13-16)19-11-20(31-15(2)28)17-9-7-8-10-18(17)22(19)30-14/h7-11,16,27H,12-13H2,1-6H3,(H,26,29)/p+1. The van der Waals surface area contributed by atoms with Gasteiger partial charge in [-0.05, 0) is 40.7 Å². The molecule has 1 fully saturated rings. The summed E-state index contributed by atoms with van der Waals surface area (Å²) in [6.07, 6.45) is 1.78. The first-order chi connectivity index (χ1) is 14.5. The first-order valence-corrected chi connectivity index (χ1v) is 10.8. The number of quaternary nitrogens is 1. The van der Waals surface area contributed by atoms with E-state index in [0.29, 0.717) is 28.0 Å². The number of ether oxygens (including phenoxy) is 1. The van der Waals surface area contributed by atoms with Crippen LogP contribution in [-0.2, 0) is 4.79 Å². The van der Waals surface area contributed by atoms with E-state index >= 15 is 0 Å². The van der Waals surface area contributed by atoms with E-state index in [2.05, 4.69) is 38.3 Å². The van der Waals surface area contributed by atoms with Crippen molar-refractivity contribution in [3.8, 4) is 5.75 Å². The van der Waals surface area contributed by atoms with Gasteiger partial charge in [-0.2, -0.15) is 0 Å². The van der Waals surface area contributed by atoms with Crippen molar-refractivity contribution in [3.63, 3.8) is 0 Å². The van der Waals surface area contributed by atoms with E-state index in [0.717, 1.165) is 23.6 Å². The number of esters is 1. The molecule has 1 aliphatic rings. The highest BCUT2D eigenvalue weighted by molar-refractivity contribution is 6.16. The third-order valence-electron chi connectivity index (χ3n) is 5.98. The van der Waals surface area contributed by atoms with E-state index in [9.17, 15) is 9.59 Å². The van der Waals surface area contributed by atoms with Crippen LogP contribution >= 0.6 is 0 Å². The van der Waals surface area contributed by atoms with Gasteiger partial charge in [-0.3, -0.25) is 9.59 Å². The highest BCUT2D eigenvalue weighted by Gasteiger charge is 2.42. The lowest BCUT2D eigenvalue weighted by molar-refractivity contribution is -0.787. The number of nitrogens with one attached hydrogen (secondary N) is 1. The number of hydrogen-bond donors (Lipinski definition) is 2. The van der Waals surface area contributed by atoms with Crippen LogP contribution in [0.1, 0.15) is 63.6 Å². The van der Waals surface area contributed by atoms with Gasteiger partial charge in [0.05, 0.1) is 16.6 Å². The number of fused-ring (bicyclic) bond motifs is 3. The van der Waals surface area contributed by atoms with Gasteiger partial charge >= 0.3 is 5.97 Å². The summed E-state index contributed by atoms with van der Waals surface area (Å²) in [5.41, 5.74) is 1.23. The molecule has 164 valence electrons. The van der Waals surface area contributed by atoms with Gasteiger partial charge in [0.2, 0.25) is 0 Å². The molecule has 2 heterocycles. The molecule has 1 amide bonds. The van der Waals surface area contributed by atoms with Crippen LogP contribution in [0.4, 0.5) is 0 Å². The summed E-state index contributed by atoms with van der Waals surface area (Å²) in [5, 5.41) is 7.88. The Labute approximate surface area is 182 Å². The highest BCUT2D eigenvalue weighted by Crippen LogP contribution is 2.38. The summed E-state index contributed by atoms with van der Waals surface area (Å²) in [7, 11) is 0. The van der Waals surface area contributed by atoms with Crippen LogP contribution in [0, 0.1) is 6.92 Å². The molecule has 0 spiro atoms. The van der Waals surface area contributed by atoms with Gasteiger partial charge < -0.3 is 19.8 Å². The normalized spacial score (nSPS) is 18.3. The lowest BCUT2D eigenvalue weighted by Gasteiger charge is -2.43. The lowest BCUT2D eigenvalue weighted by Crippen LogP contribution is -3.06. The zero-order valence-corrected chi connectivity index (χ0v) is 19.1. The first-order valence-electron chi connectivity index (χ1n) is 10.8. The Morgan fingerprint density at radius 3 is 2.29 bits per heavy atom. The number of carbonyl (C=O) groups excluding carboxylic acids is 2. The molecule has 1 aromatic heterocycles. The van der Waals surface area contributed by atoms with Crippen LogP contribution in [0.25, 0.3) is 21.7 Å². The fourth-order valence-corrected chi connectivity index (χ4v) is 5.40. The molecule has 0 unspecified atom stereocenters. The summed E-state index contributed by atoms with van der Waals surface area (Å²) in [6.45, 7) is 12.0. The number of rotatable bonds is 3. The van der Waals surface area contributed by atoms with Crippen molar-refractivity contribution in [1.82, 2.24) is 5.32 Å². The quantitative estimate of drug-likeness (QED) is 0.495.